The number of benzene rings is 2. The van der Waals surface area contributed by atoms with E-state index >= 15 is 0 Å². The van der Waals surface area contributed by atoms with Crippen LogP contribution < -0.4 is 5.76 Å². The number of halogens is 1. The summed E-state index contributed by atoms with van der Waals surface area (Å²) in [6, 6.07) is 10.9. The minimum Gasteiger partial charge on any atom is -0.415 e. The molecule has 0 N–H and O–H groups in total. The number of hydrogen-bond acceptors (Lipinski definition) is 4. The lowest BCUT2D eigenvalue weighted by Gasteiger charge is -2.08. The number of nitrogens with zero attached hydrogens (tertiary/aromatic N) is 1. The van der Waals surface area contributed by atoms with Crippen molar-refractivity contribution >= 4 is 9.84 Å². The monoisotopic (exact) mass is 347 g/mol. The van der Waals surface area contributed by atoms with Gasteiger partial charge in [0.25, 0.3) is 0 Å². The van der Waals surface area contributed by atoms with Crippen LogP contribution in [-0.4, -0.2) is 19.2 Å². The van der Waals surface area contributed by atoms with Gasteiger partial charge in [-0.05, 0) is 31.2 Å². The number of sulfone groups is 1. The summed E-state index contributed by atoms with van der Waals surface area (Å²) in [6.45, 7) is 1.92. The topological polar surface area (TPSA) is 69.3 Å². The molecule has 0 aliphatic heterocycles. The second-order valence-electron chi connectivity index (χ2n) is 5.48. The van der Waals surface area contributed by atoms with Crippen LogP contribution in [0.2, 0.25) is 0 Å². The summed E-state index contributed by atoms with van der Waals surface area (Å²) >= 11 is 0. The van der Waals surface area contributed by atoms with Gasteiger partial charge in [-0.2, -0.15) is 0 Å². The Balaban J connectivity index is 2.17. The molecule has 5 nitrogen and oxygen atoms in total. The van der Waals surface area contributed by atoms with Crippen molar-refractivity contribution in [1.29, 1.82) is 0 Å². The zero-order valence-corrected chi connectivity index (χ0v) is 13.8. The quantitative estimate of drug-likeness (QED) is 0.730. The molecule has 2 aromatic carbocycles. The van der Waals surface area contributed by atoms with Gasteiger partial charge in [0, 0.05) is 11.8 Å². The van der Waals surface area contributed by atoms with E-state index in [0.29, 0.717) is 16.9 Å². The second kappa shape index (κ2) is 5.76. The van der Waals surface area contributed by atoms with Crippen LogP contribution in [0, 0.1) is 12.7 Å². The Morgan fingerprint density at radius 2 is 1.75 bits per heavy atom. The predicted molar refractivity (Wildman–Crippen MR) is 87.5 cm³/mol. The summed E-state index contributed by atoms with van der Waals surface area (Å²) in [4.78, 5) is 11.6. The fourth-order valence-electron chi connectivity index (χ4n) is 2.41. The Labute approximate surface area is 137 Å². The third-order valence-corrected chi connectivity index (χ3v) is 4.74. The fraction of sp³-hybridized carbons (Fsp3) is 0.118. The van der Waals surface area contributed by atoms with E-state index in [1.807, 2.05) is 19.1 Å². The van der Waals surface area contributed by atoms with Crippen molar-refractivity contribution in [3.8, 4) is 16.9 Å². The summed E-state index contributed by atoms with van der Waals surface area (Å²) < 4.78 is 43.4. The molecule has 0 radical (unpaired) electrons. The lowest BCUT2D eigenvalue weighted by Crippen LogP contribution is -2.13. The maximum absolute atomic E-state index is 14.1. The van der Waals surface area contributed by atoms with E-state index in [9.17, 15) is 17.6 Å². The first kappa shape index (κ1) is 16.2. The maximum atomic E-state index is 14.1. The highest BCUT2D eigenvalue weighted by molar-refractivity contribution is 7.90. The Bertz CT molecular complexity index is 1060. The molecule has 0 unspecified atom stereocenters. The van der Waals surface area contributed by atoms with Gasteiger partial charge in [-0.3, -0.25) is 0 Å². The predicted octanol–water partition coefficient (Wildman–Crippen LogP) is 2.95. The number of hydrogen-bond donors (Lipinski definition) is 0. The van der Waals surface area contributed by atoms with Gasteiger partial charge < -0.3 is 4.42 Å². The molecule has 1 aromatic heterocycles. The number of oxazole rings is 1. The van der Waals surface area contributed by atoms with Gasteiger partial charge >= 0.3 is 5.76 Å². The lowest BCUT2D eigenvalue weighted by molar-refractivity contribution is 0.504. The molecule has 7 heteroatoms. The van der Waals surface area contributed by atoms with E-state index in [2.05, 4.69) is 0 Å². The molecule has 0 aliphatic rings. The number of aromatic nitrogens is 1. The molecular formula is C17H14FNO4S. The number of aryl methyl sites for hydroxylation is 1. The van der Waals surface area contributed by atoms with Crippen LogP contribution in [-0.2, 0) is 9.84 Å². The molecule has 24 heavy (non-hydrogen) atoms. The van der Waals surface area contributed by atoms with Crippen LogP contribution in [0.15, 0.2) is 62.8 Å². The van der Waals surface area contributed by atoms with E-state index in [4.69, 9.17) is 4.42 Å². The lowest BCUT2D eigenvalue weighted by atomic mass is 10.1. The average Bonchev–Trinajstić information content (AvgIpc) is 2.88. The smallest absolute Gasteiger partial charge is 0.415 e. The van der Waals surface area contributed by atoms with Crippen molar-refractivity contribution in [2.75, 3.05) is 6.26 Å². The van der Waals surface area contributed by atoms with Gasteiger partial charge in [0.1, 0.15) is 17.0 Å². The van der Waals surface area contributed by atoms with Crippen LogP contribution >= 0.6 is 0 Å². The standard InChI is InChI=1S/C17H14FNO4S/c1-11-3-6-13(7-4-11)19-15(10-23-17(19)20)12-5-8-16(14(18)9-12)24(2,21)22/h3-10H,1-2H3. The highest BCUT2D eigenvalue weighted by Gasteiger charge is 2.17. The first-order valence-electron chi connectivity index (χ1n) is 7.05. The van der Waals surface area contributed by atoms with Gasteiger partial charge in [-0.25, -0.2) is 22.2 Å². The van der Waals surface area contributed by atoms with Gasteiger partial charge in [0.2, 0.25) is 0 Å². The highest BCUT2D eigenvalue weighted by Crippen LogP contribution is 2.25. The van der Waals surface area contributed by atoms with E-state index in [0.717, 1.165) is 17.9 Å². The molecular weight excluding hydrogens is 333 g/mol. The second-order valence-corrected chi connectivity index (χ2v) is 7.46. The van der Waals surface area contributed by atoms with E-state index in [-0.39, 0.29) is 4.90 Å². The normalized spacial score (nSPS) is 11.6. The Hall–Kier alpha value is -2.67. The molecule has 0 aliphatic carbocycles. The minimum atomic E-state index is -3.66. The molecule has 0 amide bonds. The third-order valence-electron chi connectivity index (χ3n) is 3.61. The first-order chi connectivity index (χ1) is 11.3. The van der Waals surface area contributed by atoms with Gasteiger partial charge in [-0.1, -0.05) is 23.8 Å². The summed E-state index contributed by atoms with van der Waals surface area (Å²) in [5, 5.41) is 0. The fourth-order valence-corrected chi connectivity index (χ4v) is 3.13. The zero-order valence-electron chi connectivity index (χ0n) is 13.0. The summed E-state index contributed by atoms with van der Waals surface area (Å²) in [7, 11) is -3.66. The SMILES string of the molecule is Cc1ccc(-n2c(-c3ccc(S(C)(=O)=O)c(F)c3)coc2=O)cc1. The molecule has 0 bridgehead atoms. The molecule has 1 heterocycles. The van der Waals surface area contributed by atoms with Crippen LogP contribution in [0.5, 0.6) is 0 Å². The Morgan fingerprint density at radius 3 is 2.33 bits per heavy atom. The Morgan fingerprint density at radius 1 is 1.08 bits per heavy atom. The van der Waals surface area contributed by atoms with Crippen LogP contribution in [0.4, 0.5) is 4.39 Å². The van der Waals surface area contributed by atoms with Gasteiger partial charge in [0.15, 0.2) is 9.84 Å². The minimum absolute atomic E-state index is 0.336. The molecule has 0 fully saturated rings. The van der Waals surface area contributed by atoms with Crippen LogP contribution in [0.25, 0.3) is 16.9 Å². The van der Waals surface area contributed by atoms with E-state index < -0.39 is 21.4 Å². The molecule has 0 saturated heterocycles. The number of rotatable bonds is 3. The summed E-state index contributed by atoms with van der Waals surface area (Å²) in [6.07, 6.45) is 2.16. The Kier molecular flexibility index (Phi) is 3.88. The molecule has 3 rings (SSSR count). The maximum Gasteiger partial charge on any atom is 0.424 e. The van der Waals surface area contributed by atoms with Gasteiger partial charge in [0.05, 0.1) is 11.4 Å². The van der Waals surface area contributed by atoms with Crippen LogP contribution in [0.1, 0.15) is 5.56 Å². The van der Waals surface area contributed by atoms with Crippen molar-refractivity contribution in [3.63, 3.8) is 0 Å². The van der Waals surface area contributed by atoms with Crippen molar-refractivity contribution in [1.82, 2.24) is 4.57 Å². The largest absolute Gasteiger partial charge is 0.424 e. The molecule has 124 valence electrons. The molecule has 3 aromatic rings. The van der Waals surface area contributed by atoms with E-state index in [1.54, 1.807) is 12.1 Å². The third kappa shape index (κ3) is 2.90. The van der Waals surface area contributed by atoms with Crippen molar-refractivity contribution in [2.24, 2.45) is 0 Å². The average molecular weight is 347 g/mol. The molecule has 0 atom stereocenters. The molecule has 0 saturated carbocycles. The van der Waals surface area contributed by atoms with Crippen LogP contribution in [0.3, 0.4) is 0 Å². The highest BCUT2D eigenvalue weighted by atomic mass is 32.2. The van der Waals surface area contributed by atoms with Crippen molar-refractivity contribution in [3.05, 3.63) is 70.7 Å². The first-order valence-corrected chi connectivity index (χ1v) is 8.94. The summed E-state index contributed by atoms with van der Waals surface area (Å²) in [5.41, 5.74) is 2.27. The molecule has 0 spiro atoms. The van der Waals surface area contributed by atoms with Gasteiger partial charge in [-0.15, -0.1) is 0 Å². The van der Waals surface area contributed by atoms with E-state index in [1.165, 1.54) is 23.0 Å². The zero-order chi connectivity index (χ0) is 17.5. The summed E-state index contributed by atoms with van der Waals surface area (Å²) in [5.74, 6) is -1.49. The van der Waals surface area contributed by atoms with Crippen molar-refractivity contribution < 1.29 is 17.2 Å². The van der Waals surface area contributed by atoms with Crippen molar-refractivity contribution in [2.45, 2.75) is 11.8 Å².